The van der Waals surface area contributed by atoms with Gasteiger partial charge in [-0.1, -0.05) is 48.0 Å². The molecule has 1 saturated heterocycles. The number of aryl methyl sites for hydroxylation is 1. The van der Waals surface area contributed by atoms with E-state index >= 15 is 0 Å². The molecule has 1 fully saturated rings. The summed E-state index contributed by atoms with van der Waals surface area (Å²) in [5.74, 6) is -2.15. The number of sulfonamides is 1. The van der Waals surface area contributed by atoms with Crippen LogP contribution in [0, 0.1) is 6.92 Å². The van der Waals surface area contributed by atoms with Crippen molar-refractivity contribution in [2.75, 3.05) is 19.7 Å². The average molecular weight is 701 g/mol. The lowest BCUT2D eigenvalue weighted by molar-refractivity contribution is -0.147. The highest BCUT2D eigenvalue weighted by Crippen LogP contribution is 2.21. The Hall–Kier alpha value is -4.66. The second-order valence-corrected chi connectivity index (χ2v) is 14.4. The van der Waals surface area contributed by atoms with E-state index in [1.54, 1.807) is 39.8 Å². The Morgan fingerprint density at radius 2 is 1.69 bits per heavy atom. The summed E-state index contributed by atoms with van der Waals surface area (Å²) in [7, 11) is -3.96. The topological polar surface area (TPSA) is 199 Å². The molecule has 0 bridgehead atoms. The Bertz CT molecular complexity index is 1580. The van der Waals surface area contributed by atoms with Crippen molar-refractivity contribution in [1.29, 1.82) is 0 Å². The SMILES string of the molecule is CCOC(=O)[C@H](Cc1ccccc1)NC(=O)[C@H](CCCN=C(N)NS(=O)(=O)c1ccc(C)cc1)NC(=O)[C@@H]1CCCN1C(=O)OC(C)(C)C. The van der Waals surface area contributed by atoms with Crippen molar-refractivity contribution in [1.82, 2.24) is 20.3 Å². The molecule has 268 valence electrons. The monoisotopic (exact) mass is 700 g/mol. The Labute approximate surface area is 288 Å². The maximum absolute atomic E-state index is 13.7. The molecular formula is C34H48N6O8S. The molecule has 49 heavy (non-hydrogen) atoms. The lowest BCUT2D eigenvalue weighted by atomic mass is 10.0. The van der Waals surface area contributed by atoms with Crippen molar-refractivity contribution in [2.45, 2.75) is 95.3 Å². The number of likely N-dealkylation sites (tertiary alicyclic amines) is 1. The van der Waals surface area contributed by atoms with Crippen LogP contribution in [0.2, 0.25) is 0 Å². The number of amides is 3. The molecule has 0 aromatic heterocycles. The summed E-state index contributed by atoms with van der Waals surface area (Å²) in [5.41, 5.74) is 6.79. The number of benzene rings is 2. The van der Waals surface area contributed by atoms with E-state index < -0.39 is 57.6 Å². The van der Waals surface area contributed by atoms with Crippen LogP contribution in [-0.4, -0.2) is 86.6 Å². The second-order valence-electron chi connectivity index (χ2n) is 12.7. The van der Waals surface area contributed by atoms with Crippen LogP contribution in [0.25, 0.3) is 0 Å². The molecule has 3 atom stereocenters. The Kier molecular flexibility index (Phi) is 14.0. The van der Waals surface area contributed by atoms with Crippen molar-refractivity contribution in [2.24, 2.45) is 10.7 Å². The average Bonchev–Trinajstić information content (AvgIpc) is 3.53. The fourth-order valence-electron chi connectivity index (χ4n) is 5.11. The number of nitrogens with one attached hydrogen (secondary N) is 3. The first kappa shape index (κ1) is 38.8. The van der Waals surface area contributed by atoms with E-state index in [2.05, 4.69) is 20.3 Å². The third-order valence-corrected chi connectivity index (χ3v) is 8.86. The molecular weight excluding hydrogens is 652 g/mol. The zero-order valence-corrected chi connectivity index (χ0v) is 29.5. The van der Waals surface area contributed by atoms with E-state index in [-0.39, 0.29) is 43.3 Å². The number of hydrogen-bond donors (Lipinski definition) is 4. The molecule has 3 amide bonds. The maximum atomic E-state index is 13.7. The van der Waals surface area contributed by atoms with Gasteiger partial charge in [0.25, 0.3) is 10.0 Å². The van der Waals surface area contributed by atoms with Crippen molar-refractivity contribution < 1.29 is 37.1 Å². The van der Waals surface area contributed by atoms with Crippen molar-refractivity contribution in [3.05, 3.63) is 65.7 Å². The standard InChI is InChI=1S/C34H48N6O8S/c1-6-47-31(43)27(22-24-12-8-7-9-13-24)38-29(41)26(37-30(42)28-15-11-21-40(28)33(44)48-34(3,4)5)14-10-20-36-32(35)39-49(45,46)25-18-16-23(2)17-19-25/h7-9,12-13,16-19,26-28H,6,10-11,14-15,20-22H2,1-5H3,(H,37,42)(H,38,41)(H3,35,36,39)/t26-,27-,28-/m0/s1. The minimum atomic E-state index is -3.96. The van der Waals surface area contributed by atoms with Crippen LogP contribution in [-0.2, 0) is 40.3 Å². The lowest BCUT2D eigenvalue weighted by Crippen LogP contribution is -2.56. The first-order valence-corrected chi connectivity index (χ1v) is 17.8. The minimum Gasteiger partial charge on any atom is -0.464 e. The van der Waals surface area contributed by atoms with Crippen LogP contribution in [0.15, 0.2) is 64.5 Å². The number of guanidine groups is 1. The van der Waals surface area contributed by atoms with Crippen LogP contribution in [0.3, 0.4) is 0 Å². The van der Waals surface area contributed by atoms with Crippen LogP contribution < -0.4 is 21.1 Å². The van der Waals surface area contributed by atoms with Gasteiger partial charge in [-0.05, 0) is 78.0 Å². The fraction of sp³-hybridized carbons (Fsp3) is 0.500. The summed E-state index contributed by atoms with van der Waals surface area (Å²) in [6, 6.07) is 12.3. The molecule has 5 N–H and O–H groups in total. The van der Waals surface area contributed by atoms with Gasteiger partial charge >= 0.3 is 12.1 Å². The molecule has 1 aliphatic rings. The van der Waals surface area contributed by atoms with Gasteiger partial charge in [0.05, 0.1) is 11.5 Å². The Morgan fingerprint density at radius 3 is 2.33 bits per heavy atom. The van der Waals surface area contributed by atoms with Crippen LogP contribution in [0.1, 0.15) is 64.5 Å². The van der Waals surface area contributed by atoms with Crippen molar-refractivity contribution >= 4 is 39.9 Å². The number of rotatable bonds is 14. The van der Waals surface area contributed by atoms with Gasteiger partial charge < -0.3 is 25.8 Å². The zero-order valence-electron chi connectivity index (χ0n) is 28.7. The van der Waals surface area contributed by atoms with Gasteiger partial charge in [-0.25, -0.2) is 22.7 Å². The van der Waals surface area contributed by atoms with Gasteiger partial charge in [-0.15, -0.1) is 0 Å². The van der Waals surface area contributed by atoms with Gasteiger partial charge in [-0.3, -0.25) is 19.5 Å². The van der Waals surface area contributed by atoms with E-state index in [1.807, 2.05) is 37.3 Å². The predicted molar refractivity (Wildman–Crippen MR) is 184 cm³/mol. The number of hydrogen-bond acceptors (Lipinski definition) is 9. The molecule has 0 aliphatic carbocycles. The highest BCUT2D eigenvalue weighted by atomic mass is 32.2. The molecule has 3 rings (SSSR count). The van der Waals surface area contributed by atoms with E-state index in [0.717, 1.165) is 11.1 Å². The Morgan fingerprint density at radius 1 is 1.02 bits per heavy atom. The first-order valence-electron chi connectivity index (χ1n) is 16.3. The van der Waals surface area contributed by atoms with Crippen LogP contribution in [0.4, 0.5) is 4.79 Å². The summed E-state index contributed by atoms with van der Waals surface area (Å²) in [6.45, 7) is 9.13. The van der Waals surface area contributed by atoms with Gasteiger partial charge in [0.15, 0.2) is 0 Å². The summed E-state index contributed by atoms with van der Waals surface area (Å²) in [5, 5.41) is 5.48. The summed E-state index contributed by atoms with van der Waals surface area (Å²) in [4.78, 5) is 58.4. The van der Waals surface area contributed by atoms with Crippen LogP contribution in [0.5, 0.6) is 0 Å². The highest BCUT2D eigenvalue weighted by Gasteiger charge is 2.38. The number of carbonyl (C=O) groups excluding carboxylic acids is 4. The van der Waals surface area contributed by atoms with Crippen LogP contribution >= 0.6 is 0 Å². The third-order valence-electron chi connectivity index (χ3n) is 7.49. The maximum Gasteiger partial charge on any atom is 0.410 e. The smallest absolute Gasteiger partial charge is 0.410 e. The Balaban J connectivity index is 1.75. The second kappa shape index (κ2) is 17.7. The molecule has 1 heterocycles. The minimum absolute atomic E-state index is 0.0146. The number of nitrogens with two attached hydrogens (primary N) is 1. The summed E-state index contributed by atoms with van der Waals surface area (Å²) < 4.78 is 38.3. The third kappa shape index (κ3) is 12.4. The lowest BCUT2D eigenvalue weighted by Gasteiger charge is -2.29. The van der Waals surface area contributed by atoms with E-state index in [9.17, 15) is 27.6 Å². The van der Waals surface area contributed by atoms with Gasteiger partial charge in [0.2, 0.25) is 17.8 Å². The zero-order chi connectivity index (χ0) is 36.2. The molecule has 0 spiro atoms. The molecule has 0 saturated carbocycles. The van der Waals surface area contributed by atoms with Gasteiger partial charge in [-0.2, -0.15) is 0 Å². The number of esters is 1. The number of ether oxygens (including phenoxy) is 2. The van der Waals surface area contributed by atoms with Crippen molar-refractivity contribution in [3.63, 3.8) is 0 Å². The normalized spacial score (nSPS) is 16.3. The molecule has 15 heteroatoms. The van der Waals surface area contributed by atoms with Gasteiger partial charge in [0, 0.05) is 19.5 Å². The largest absolute Gasteiger partial charge is 0.464 e. The number of nitrogens with zero attached hydrogens (tertiary/aromatic N) is 2. The summed E-state index contributed by atoms with van der Waals surface area (Å²) >= 11 is 0. The number of carbonyl (C=O) groups is 4. The van der Waals surface area contributed by atoms with Crippen molar-refractivity contribution in [3.8, 4) is 0 Å². The first-order chi connectivity index (χ1) is 23.1. The highest BCUT2D eigenvalue weighted by molar-refractivity contribution is 7.90. The molecule has 14 nitrogen and oxygen atoms in total. The predicted octanol–water partition coefficient (Wildman–Crippen LogP) is 2.54. The molecule has 0 unspecified atom stereocenters. The molecule has 2 aromatic carbocycles. The summed E-state index contributed by atoms with van der Waals surface area (Å²) in [6.07, 6.45) is 0.731. The van der Waals surface area contributed by atoms with E-state index in [0.29, 0.717) is 19.4 Å². The number of aliphatic imine (C=N–C) groups is 1. The molecule has 0 radical (unpaired) electrons. The molecule has 2 aromatic rings. The van der Waals surface area contributed by atoms with Gasteiger partial charge in [0.1, 0.15) is 23.7 Å². The molecule has 1 aliphatic heterocycles. The van der Waals surface area contributed by atoms with E-state index in [4.69, 9.17) is 15.2 Å². The quantitative estimate of drug-likeness (QED) is 0.0990. The fourth-order valence-corrected chi connectivity index (χ4v) is 6.07. The van der Waals surface area contributed by atoms with E-state index in [1.165, 1.54) is 17.0 Å².